The molecular weight excluding hydrogens is 511 g/mol. The highest BCUT2D eigenvalue weighted by molar-refractivity contribution is 5.95. The van der Waals surface area contributed by atoms with Crippen LogP contribution < -0.4 is 16.4 Å². The van der Waals surface area contributed by atoms with Gasteiger partial charge in [-0.15, -0.1) is 0 Å². The Balaban J connectivity index is 2.07. The molecule has 1 fully saturated rings. The second-order valence-corrected chi connectivity index (χ2v) is 10.5. The molecule has 7 N–H and O–H groups in total. The molecule has 0 radical (unpaired) electrons. The quantitative estimate of drug-likeness (QED) is 0.222. The highest BCUT2D eigenvalue weighted by Gasteiger charge is 2.72. The lowest BCUT2D eigenvalue weighted by atomic mass is 9.77. The lowest BCUT2D eigenvalue weighted by Crippen LogP contribution is -2.70. The number of aliphatic hydroxyl groups is 2. The van der Waals surface area contributed by atoms with Crippen LogP contribution in [0.5, 0.6) is 5.75 Å². The topological polar surface area (TPSA) is 174 Å². The van der Waals surface area contributed by atoms with Crippen LogP contribution in [0.4, 0.5) is 14.9 Å². The van der Waals surface area contributed by atoms with E-state index in [0.717, 1.165) is 6.07 Å². The van der Waals surface area contributed by atoms with Crippen LogP contribution in [0.25, 0.3) is 0 Å². The molecule has 0 aromatic heterocycles. The van der Waals surface area contributed by atoms with Crippen LogP contribution >= 0.6 is 0 Å². The van der Waals surface area contributed by atoms with Gasteiger partial charge in [0.1, 0.15) is 29.3 Å². The molecule has 1 saturated carbocycles. The highest BCUT2D eigenvalue weighted by atomic mass is 19.1. The molecule has 2 amide bonds. The van der Waals surface area contributed by atoms with Gasteiger partial charge in [-0.3, -0.25) is 4.79 Å². The molecule has 0 bridgehead atoms. The first-order valence-electron chi connectivity index (χ1n) is 12.2. The zero-order chi connectivity index (χ0) is 29.5. The smallest absolute Gasteiger partial charge is 0.342 e. The van der Waals surface area contributed by atoms with E-state index in [1.807, 2.05) is 0 Å². The number of halogens is 1. The van der Waals surface area contributed by atoms with Gasteiger partial charge in [-0.1, -0.05) is 12.1 Å². The molecule has 3 rings (SSSR count). The molecule has 1 aliphatic carbocycles. The van der Waals surface area contributed by atoms with Gasteiger partial charge < -0.3 is 41.3 Å². The number of nitrogens with two attached hydrogens (primary N) is 1. The number of aromatic hydroxyl groups is 1. The molecule has 11 nitrogen and oxygen atoms in total. The minimum Gasteiger partial charge on any atom is -0.507 e. The second kappa shape index (κ2) is 10.4. The van der Waals surface area contributed by atoms with Gasteiger partial charge in [-0.05, 0) is 57.5 Å². The first kappa shape index (κ1) is 29.8. The van der Waals surface area contributed by atoms with Crippen molar-refractivity contribution in [2.45, 2.75) is 56.5 Å². The van der Waals surface area contributed by atoms with E-state index in [0.29, 0.717) is 5.56 Å². The van der Waals surface area contributed by atoms with Gasteiger partial charge in [-0.2, -0.15) is 0 Å². The van der Waals surface area contributed by atoms with E-state index >= 15 is 0 Å². The number of hydrogen-bond acceptors (Lipinski definition) is 9. The summed E-state index contributed by atoms with van der Waals surface area (Å²) in [6, 6.07) is 4.92. The zero-order valence-electron chi connectivity index (χ0n) is 22.7. The fraction of sp³-hybridized carbons (Fsp3) is 0.444. The van der Waals surface area contributed by atoms with Crippen molar-refractivity contribution in [2.75, 3.05) is 26.0 Å². The van der Waals surface area contributed by atoms with Crippen molar-refractivity contribution in [3.05, 3.63) is 58.9 Å². The number of rotatable bonds is 7. The Bertz CT molecular complexity index is 1280. The number of nitrogens with zero attached hydrogens (tertiary/aromatic N) is 1. The monoisotopic (exact) mass is 546 g/mol. The summed E-state index contributed by atoms with van der Waals surface area (Å²) in [5.74, 6) is -2.58. The third kappa shape index (κ3) is 5.02. The average molecular weight is 547 g/mol. The number of amides is 2. The summed E-state index contributed by atoms with van der Waals surface area (Å²) in [4.78, 5) is 38.7. The van der Waals surface area contributed by atoms with Gasteiger partial charge >= 0.3 is 12.0 Å². The van der Waals surface area contributed by atoms with Gasteiger partial charge in [0.05, 0.1) is 23.2 Å². The summed E-state index contributed by atoms with van der Waals surface area (Å²) in [7, 11) is 2.96. The molecule has 12 heteroatoms. The molecular formula is C27H35FN4O7. The molecule has 39 heavy (non-hydrogen) atoms. The molecule has 2 aromatic rings. The van der Waals surface area contributed by atoms with Gasteiger partial charge in [0.2, 0.25) is 0 Å². The Kier molecular flexibility index (Phi) is 7.98. The molecule has 0 aliphatic heterocycles. The van der Waals surface area contributed by atoms with E-state index in [9.17, 15) is 34.1 Å². The molecule has 212 valence electrons. The number of hydrogen-bond donors (Lipinski definition) is 6. The summed E-state index contributed by atoms with van der Waals surface area (Å²) in [6.45, 7) is 4.65. The van der Waals surface area contributed by atoms with Gasteiger partial charge in [0.25, 0.3) is 0 Å². The third-order valence-corrected chi connectivity index (χ3v) is 7.71. The molecule has 2 aromatic carbocycles. The number of ether oxygens (including phenoxy) is 1. The van der Waals surface area contributed by atoms with E-state index in [1.165, 1.54) is 58.0 Å². The molecule has 1 aliphatic rings. The van der Waals surface area contributed by atoms with Crippen LogP contribution in [-0.4, -0.2) is 87.5 Å². The Morgan fingerprint density at radius 2 is 1.79 bits per heavy atom. The second-order valence-electron chi connectivity index (χ2n) is 10.5. The molecule has 0 unspecified atom stereocenters. The number of phenolic OH excluding ortho intramolecular Hbond substituents is 1. The molecule has 0 saturated heterocycles. The Morgan fingerprint density at radius 3 is 2.36 bits per heavy atom. The fourth-order valence-corrected chi connectivity index (χ4v) is 4.92. The van der Waals surface area contributed by atoms with Crippen molar-refractivity contribution in [2.24, 2.45) is 5.73 Å². The summed E-state index contributed by atoms with van der Waals surface area (Å²) >= 11 is 0. The standard InChI is InChI=1S/C27H35FN4O7/c1-14-8-7-9-19(34)20(14)23(35)39-13-27(38)22(30-16-10-11-18(28)17(12-16)15(2)33)21(29)25(3,26(27,4)37)31-24(36)32(5)6/h7-12,21-22,30,34,37-38H,13,29H2,1-6H3,(H,31,36)/t21-,22-,25-,26+,27+/m0/s1. The number of carbonyl (C=O) groups excluding carboxylic acids is 3. The highest BCUT2D eigenvalue weighted by Crippen LogP contribution is 2.47. The number of Topliss-reactive ketones (excluding diaryl/α,β-unsaturated/α-hetero) is 1. The number of phenols is 1. The maximum absolute atomic E-state index is 14.2. The van der Waals surface area contributed by atoms with Crippen molar-refractivity contribution < 1.29 is 38.8 Å². The van der Waals surface area contributed by atoms with Crippen LogP contribution in [0, 0.1) is 12.7 Å². The van der Waals surface area contributed by atoms with E-state index < -0.39 is 59.0 Å². The van der Waals surface area contributed by atoms with Crippen molar-refractivity contribution in [3.8, 4) is 5.75 Å². The summed E-state index contributed by atoms with van der Waals surface area (Å²) in [5.41, 5.74) is 0.560. The van der Waals surface area contributed by atoms with Crippen molar-refractivity contribution >= 4 is 23.5 Å². The first-order chi connectivity index (χ1) is 18.0. The number of ketones is 1. The van der Waals surface area contributed by atoms with E-state index in [2.05, 4.69) is 10.6 Å². The van der Waals surface area contributed by atoms with Crippen LogP contribution in [0.3, 0.4) is 0 Å². The number of esters is 1. The van der Waals surface area contributed by atoms with Crippen molar-refractivity contribution in [1.29, 1.82) is 0 Å². The predicted molar refractivity (Wildman–Crippen MR) is 141 cm³/mol. The summed E-state index contributed by atoms with van der Waals surface area (Å²) < 4.78 is 19.6. The van der Waals surface area contributed by atoms with E-state index in [4.69, 9.17) is 10.5 Å². The van der Waals surface area contributed by atoms with Gasteiger partial charge in [0, 0.05) is 19.8 Å². The molecule has 0 heterocycles. The fourth-order valence-electron chi connectivity index (χ4n) is 4.92. The van der Waals surface area contributed by atoms with Crippen LogP contribution in [0.15, 0.2) is 36.4 Å². The largest absolute Gasteiger partial charge is 0.507 e. The first-order valence-corrected chi connectivity index (χ1v) is 12.2. The number of nitrogens with one attached hydrogen (secondary N) is 2. The van der Waals surface area contributed by atoms with E-state index in [-0.39, 0.29) is 22.6 Å². The molecule has 5 atom stereocenters. The SMILES string of the molecule is CC(=O)c1cc(N[C@H]2[C@H](N)[C@](C)(NC(=O)N(C)C)[C@@](C)(O)[C@@]2(O)COC(=O)c2c(C)cccc2O)ccc1F. The number of urea groups is 1. The third-order valence-electron chi connectivity index (χ3n) is 7.71. The van der Waals surface area contributed by atoms with Crippen LogP contribution in [0.1, 0.15) is 47.1 Å². The van der Waals surface area contributed by atoms with Crippen molar-refractivity contribution in [3.63, 3.8) is 0 Å². The molecule has 0 spiro atoms. The number of carbonyl (C=O) groups is 3. The van der Waals surface area contributed by atoms with Crippen molar-refractivity contribution in [1.82, 2.24) is 10.2 Å². The Morgan fingerprint density at radius 1 is 1.15 bits per heavy atom. The lowest BCUT2D eigenvalue weighted by Gasteiger charge is -2.45. The normalized spacial score (nSPS) is 28.1. The lowest BCUT2D eigenvalue weighted by molar-refractivity contribution is -0.169. The van der Waals surface area contributed by atoms with Crippen LogP contribution in [-0.2, 0) is 4.74 Å². The van der Waals surface area contributed by atoms with Gasteiger partial charge in [-0.25, -0.2) is 14.0 Å². The van der Waals surface area contributed by atoms with Gasteiger partial charge in [0.15, 0.2) is 11.4 Å². The average Bonchev–Trinajstić information content (AvgIpc) is 2.94. The minimum absolute atomic E-state index is 0.124. The number of anilines is 1. The predicted octanol–water partition coefficient (Wildman–Crippen LogP) is 1.53. The minimum atomic E-state index is -2.35. The van der Waals surface area contributed by atoms with E-state index in [1.54, 1.807) is 19.1 Å². The number of aryl methyl sites for hydroxylation is 1. The summed E-state index contributed by atoms with van der Waals surface area (Å²) in [5, 5.41) is 39.6. The number of benzene rings is 2. The Hall–Kier alpha value is -3.74. The maximum atomic E-state index is 14.2. The maximum Gasteiger partial charge on any atom is 0.342 e. The summed E-state index contributed by atoms with van der Waals surface area (Å²) in [6.07, 6.45) is 0. The Labute approximate surface area is 225 Å². The van der Waals surface area contributed by atoms with Crippen LogP contribution in [0.2, 0.25) is 0 Å². The zero-order valence-corrected chi connectivity index (χ0v) is 22.7.